The quantitative estimate of drug-likeness (QED) is 0.117. The van der Waals surface area contributed by atoms with Crippen molar-refractivity contribution in [2.45, 2.75) is 77.6 Å². The molecule has 3 aromatic carbocycles. The summed E-state index contributed by atoms with van der Waals surface area (Å²) in [6.45, 7) is 2.29. The second kappa shape index (κ2) is 11.7. The number of unbranched alkanes of at least 4 members (excludes halogenated alkanes) is 9. The Morgan fingerprint density at radius 3 is 1.54 bits per heavy atom. The Morgan fingerprint density at radius 2 is 1.04 bits per heavy atom. The summed E-state index contributed by atoms with van der Waals surface area (Å²) in [5.74, 6) is 0. The lowest BCUT2D eigenvalue weighted by Gasteiger charge is -2.14. The SMILES string of the molecule is CCCCCCCCCCCCc1c2cccc(I)c2cc2c(I)cccc12. The molecule has 0 N–H and O–H groups in total. The van der Waals surface area contributed by atoms with Gasteiger partial charge < -0.3 is 0 Å². The summed E-state index contributed by atoms with van der Waals surface area (Å²) >= 11 is 4.98. The summed E-state index contributed by atoms with van der Waals surface area (Å²) in [7, 11) is 0. The van der Waals surface area contributed by atoms with E-state index in [1.54, 1.807) is 5.56 Å². The molecule has 0 saturated heterocycles. The molecule has 0 bridgehead atoms. The zero-order valence-corrected chi connectivity index (χ0v) is 21.4. The Hall–Kier alpha value is -0.360. The summed E-state index contributed by atoms with van der Waals surface area (Å²) in [6.07, 6.45) is 15.2. The van der Waals surface area contributed by atoms with Crippen molar-refractivity contribution in [2.75, 3.05) is 0 Å². The molecular weight excluding hydrogens is 566 g/mol. The molecule has 0 heterocycles. The minimum atomic E-state index is 1.20. The van der Waals surface area contributed by atoms with Gasteiger partial charge in [0, 0.05) is 7.14 Å². The van der Waals surface area contributed by atoms with Gasteiger partial charge in [-0.1, -0.05) is 89.0 Å². The lowest BCUT2D eigenvalue weighted by atomic mass is 9.93. The predicted octanol–water partition coefficient (Wildman–Crippen LogP) is 9.67. The number of halogens is 2. The van der Waals surface area contributed by atoms with E-state index < -0.39 is 0 Å². The van der Waals surface area contributed by atoms with Crippen LogP contribution in [0.3, 0.4) is 0 Å². The highest BCUT2D eigenvalue weighted by Gasteiger charge is 2.11. The molecule has 0 radical (unpaired) electrons. The van der Waals surface area contributed by atoms with Crippen molar-refractivity contribution in [2.24, 2.45) is 0 Å². The van der Waals surface area contributed by atoms with Crippen molar-refractivity contribution in [1.82, 2.24) is 0 Å². The zero-order valence-electron chi connectivity index (χ0n) is 17.1. The topological polar surface area (TPSA) is 0 Å². The summed E-state index contributed by atoms with van der Waals surface area (Å²) in [5.41, 5.74) is 1.56. The van der Waals surface area contributed by atoms with Gasteiger partial charge >= 0.3 is 0 Å². The Bertz CT molecular complexity index is 838. The van der Waals surface area contributed by atoms with Crippen LogP contribution in [0.25, 0.3) is 21.5 Å². The van der Waals surface area contributed by atoms with Gasteiger partial charge in [-0.2, -0.15) is 0 Å². The van der Waals surface area contributed by atoms with Gasteiger partial charge in [0.2, 0.25) is 0 Å². The number of hydrogen-bond donors (Lipinski definition) is 0. The largest absolute Gasteiger partial charge is 0.0654 e. The van der Waals surface area contributed by atoms with Crippen LogP contribution in [0.5, 0.6) is 0 Å². The molecule has 0 saturated carbocycles. The van der Waals surface area contributed by atoms with Gasteiger partial charge in [-0.3, -0.25) is 0 Å². The van der Waals surface area contributed by atoms with Gasteiger partial charge in [-0.25, -0.2) is 0 Å². The summed E-state index contributed by atoms with van der Waals surface area (Å²) in [4.78, 5) is 0. The molecule has 0 amide bonds. The van der Waals surface area contributed by atoms with E-state index >= 15 is 0 Å². The van der Waals surface area contributed by atoms with E-state index in [-0.39, 0.29) is 0 Å². The van der Waals surface area contributed by atoms with Crippen molar-refractivity contribution in [3.05, 3.63) is 55.2 Å². The van der Waals surface area contributed by atoms with Crippen molar-refractivity contribution in [1.29, 1.82) is 0 Å². The fraction of sp³-hybridized carbons (Fsp3) is 0.462. The molecule has 28 heavy (non-hydrogen) atoms. The normalized spacial score (nSPS) is 11.5. The Balaban J connectivity index is 1.62. The van der Waals surface area contributed by atoms with Crippen LogP contribution in [0.2, 0.25) is 0 Å². The molecule has 0 spiro atoms. The fourth-order valence-electron chi connectivity index (χ4n) is 4.24. The van der Waals surface area contributed by atoms with Crippen LogP contribution in [-0.2, 0) is 6.42 Å². The van der Waals surface area contributed by atoms with E-state index in [1.165, 1.54) is 99.3 Å². The van der Waals surface area contributed by atoms with Crippen LogP contribution < -0.4 is 0 Å². The van der Waals surface area contributed by atoms with Crippen molar-refractivity contribution in [3.8, 4) is 0 Å². The number of hydrogen-bond acceptors (Lipinski definition) is 0. The number of fused-ring (bicyclic) bond motifs is 2. The first-order chi connectivity index (χ1) is 13.7. The maximum atomic E-state index is 2.49. The summed E-state index contributed by atoms with van der Waals surface area (Å²) in [5, 5.41) is 5.75. The average molecular weight is 598 g/mol. The van der Waals surface area contributed by atoms with Crippen LogP contribution in [0.4, 0.5) is 0 Å². The molecule has 0 aliphatic rings. The Morgan fingerprint density at radius 1 is 0.571 bits per heavy atom. The monoisotopic (exact) mass is 598 g/mol. The molecule has 0 unspecified atom stereocenters. The highest BCUT2D eigenvalue weighted by molar-refractivity contribution is 14.1. The van der Waals surface area contributed by atoms with Crippen molar-refractivity contribution < 1.29 is 0 Å². The molecular formula is C26H32I2. The van der Waals surface area contributed by atoms with Gasteiger partial charge in [-0.15, -0.1) is 0 Å². The smallest absolute Gasteiger partial charge is 0.0209 e. The van der Waals surface area contributed by atoms with Gasteiger partial charge in [0.05, 0.1) is 0 Å². The first-order valence-electron chi connectivity index (χ1n) is 11.0. The standard InChI is InChI=1S/C26H32I2/c1-2-3-4-5-6-7-8-9-10-11-14-20-21-15-12-17-25(27)23(21)19-24-22(20)16-13-18-26(24)28/h12-13,15-19H,2-11,14H2,1H3. The first-order valence-corrected chi connectivity index (χ1v) is 13.2. The minimum absolute atomic E-state index is 1.20. The lowest BCUT2D eigenvalue weighted by molar-refractivity contribution is 0.557. The van der Waals surface area contributed by atoms with Gasteiger partial charge in [0.1, 0.15) is 0 Å². The average Bonchev–Trinajstić information content (AvgIpc) is 2.70. The second-order valence-corrected chi connectivity index (χ2v) is 10.3. The molecule has 2 heteroatoms. The van der Waals surface area contributed by atoms with Crippen molar-refractivity contribution >= 4 is 66.7 Å². The summed E-state index contributed by atoms with van der Waals surface area (Å²) in [6, 6.07) is 15.9. The maximum absolute atomic E-state index is 2.49. The van der Waals surface area contributed by atoms with E-state index in [1.807, 2.05) is 0 Å². The van der Waals surface area contributed by atoms with E-state index in [0.29, 0.717) is 0 Å². The number of rotatable bonds is 11. The van der Waals surface area contributed by atoms with E-state index in [2.05, 4.69) is 94.6 Å². The molecule has 0 aromatic heterocycles. The third-order valence-electron chi connectivity index (χ3n) is 5.83. The molecule has 0 aliphatic carbocycles. The van der Waals surface area contributed by atoms with E-state index in [9.17, 15) is 0 Å². The fourth-order valence-corrected chi connectivity index (χ4v) is 5.55. The highest BCUT2D eigenvalue weighted by Crippen LogP contribution is 2.34. The maximum Gasteiger partial charge on any atom is 0.0209 e. The van der Waals surface area contributed by atoms with Crippen molar-refractivity contribution in [3.63, 3.8) is 0 Å². The second-order valence-electron chi connectivity index (χ2n) is 7.96. The van der Waals surface area contributed by atoms with Gasteiger partial charge in [0.25, 0.3) is 0 Å². The number of aryl methyl sites for hydroxylation is 1. The van der Waals surface area contributed by atoms with Crippen LogP contribution in [-0.4, -0.2) is 0 Å². The van der Waals surface area contributed by atoms with E-state index in [4.69, 9.17) is 0 Å². The molecule has 3 aromatic rings. The molecule has 3 rings (SSSR count). The van der Waals surface area contributed by atoms with Crippen LogP contribution >= 0.6 is 45.2 Å². The third kappa shape index (κ3) is 5.84. The number of benzene rings is 3. The van der Waals surface area contributed by atoms with Crippen LogP contribution in [0.15, 0.2) is 42.5 Å². The third-order valence-corrected chi connectivity index (χ3v) is 7.71. The summed E-state index contributed by atoms with van der Waals surface area (Å²) < 4.78 is 2.72. The van der Waals surface area contributed by atoms with E-state index in [0.717, 1.165) is 0 Å². The zero-order chi connectivity index (χ0) is 19.8. The minimum Gasteiger partial charge on any atom is -0.0654 e. The highest BCUT2D eigenvalue weighted by atomic mass is 127. The lowest BCUT2D eigenvalue weighted by Crippen LogP contribution is -1.94. The Kier molecular flexibility index (Phi) is 9.35. The van der Waals surface area contributed by atoms with Crippen LogP contribution in [0.1, 0.15) is 76.7 Å². The molecule has 0 nitrogen and oxygen atoms in total. The predicted molar refractivity (Wildman–Crippen MR) is 142 cm³/mol. The molecule has 0 fully saturated rings. The van der Waals surface area contributed by atoms with Crippen LogP contribution in [0, 0.1) is 7.14 Å². The first kappa shape index (κ1) is 22.3. The molecule has 0 atom stereocenters. The Labute approximate surface area is 198 Å². The van der Waals surface area contributed by atoms with Gasteiger partial charge in [-0.05, 0) is 103 Å². The van der Waals surface area contributed by atoms with Gasteiger partial charge in [0.15, 0.2) is 0 Å². The molecule has 0 aliphatic heterocycles. The molecule has 150 valence electrons.